The first kappa shape index (κ1) is 16.6. The highest BCUT2D eigenvalue weighted by Gasteiger charge is 2.10. The smallest absolute Gasteiger partial charge is 0.358 e. The molecule has 1 aromatic heterocycles. The van der Waals surface area contributed by atoms with Crippen LogP contribution in [0.5, 0.6) is 0 Å². The van der Waals surface area contributed by atoms with Crippen LogP contribution in [0.1, 0.15) is 16.2 Å². The van der Waals surface area contributed by atoms with E-state index in [0.717, 1.165) is 0 Å². The molecule has 1 heterocycles. The molecule has 0 bridgehead atoms. The first-order chi connectivity index (χ1) is 9.74. The summed E-state index contributed by atoms with van der Waals surface area (Å²) in [5.74, 6) is -0.762. The van der Waals surface area contributed by atoms with Crippen molar-refractivity contribution >= 4 is 5.97 Å². The van der Waals surface area contributed by atoms with Gasteiger partial charge < -0.3 is 28.6 Å². The summed E-state index contributed by atoms with van der Waals surface area (Å²) in [4.78, 5) is 10.6. The molecule has 0 aliphatic carbocycles. The van der Waals surface area contributed by atoms with Crippen LogP contribution in [0.15, 0.2) is 10.6 Å². The fourth-order valence-electron chi connectivity index (χ4n) is 1.24. The molecule has 0 saturated heterocycles. The molecule has 114 valence electrons. The van der Waals surface area contributed by atoms with Gasteiger partial charge in [-0.05, 0) is 0 Å². The molecule has 8 heteroatoms. The van der Waals surface area contributed by atoms with Crippen LogP contribution in [-0.2, 0) is 25.6 Å². The van der Waals surface area contributed by atoms with Crippen molar-refractivity contribution in [3.05, 3.63) is 17.5 Å². The Morgan fingerprint density at radius 1 is 1.15 bits per heavy atom. The third-order valence-electron chi connectivity index (χ3n) is 2.20. The van der Waals surface area contributed by atoms with Crippen LogP contribution >= 0.6 is 0 Å². The van der Waals surface area contributed by atoms with E-state index in [1.54, 1.807) is 7.11 Å². The molecular weight excluding hydrogens is 270 g/mol. The van der Waals surface area contributed by atoms with Crippen LogP contribution in [0.3, 0.4) is 0 Å². The molecule has 0 spiro atoms. The summed E-state index contributed by atoms with van der Waals surface area (Å²) in [5, 5.41) is 12.0. The molecule has 0 atom stereocenters. The minimum Gasteiger partial charge on any atom is -0.476 e. The van der Waals surface area contributed by atoms with Crippen molar-refractivity contribution in [1.29, 1.82) is 0 Å². The number of hydrogen-bond donors (Lipinski definition) is 1. The number of methoxy groups -OCH3 is 1. The summed E-state index contributed by atoms with van der Waals surface area (Å²) >= 11 is 0. The maximum atomic E-state index is 10.6. The Morgan fingerprint density at radius 3 is 2.30 bits per heavy atom. The highest BCUT2D eigenvalue weighted by atomic mass is 16.6. The van der Waals surface area contributed by atoms with Gasteiger partial charge in [0.05, 0.1) is 39.6 Å². The number of rotatable bonds is 12. The molecule has 20 heavy (non-hydrogen) atoms. The second-order valence-electron chi connectivity index (χ2n) is 3.75. The van der Waals surface area contributed by atoms with E-state index < -0.39 is 5.97 Å². The minimum atomic E-state index is -1.13. The third kappa shape index (κ3) is 7.19. The van der Waals surface area contributed by atoms with Crippen molar-refractivity contribution < 1.29 is 33.4 Å². The lowest BCUT2D eigenvalue weighted by Crippen LogP contribution is -2.11. The second-order valence-corrected chi connectivity index (χ2v) is 3.75. The summed E-state index contributed by atoms with van der Waals surface area (Å²) in [6, 6.07) is 1.33. The quantitative estimate of drug-likeness (QED) is 0.557. The van der Waals surface area contributed by atoms with Gasteiger partial charge in [0.25, 0.3) is 0 Å². The van der Waals surface area contributed by atoms with E-state index >= 15 is 0 Å². The van der Waals surface area contributed by atoms with E-state index in [1.807, 2.05) is 0 Å². The number of carbonyl (C=O) groups is 1. The molecule has 0 amide bonds. The number of nitrogens with zero attached hydrogens (tertiary/aromatic N) is 1. The third-order valence-corrected chi connectivity index (χ3v) is 2.20. The number of carboxylic acid groups (broad SMARTS) is 1. The SMILES string of the molecule is COCCOCCOCCOCc1cc(C(=O)O)no1. The Bertz CT molecular complexity index is 380. The predicted molar refractivity (Wildman–Crippen MR) is 66.6 cm³/mol. The molecule has 1 rings (SSSR count). The van der Waals surface area contributed by atoms with Gasteiger partial charge in [0.15, 0.2) is 11.5 Å². The fraction of sp³-hybridized carbons (Fsp3) is 0.667. The van der Waals surface area contributed by atoms with E-state index in [4.69, 9.17) is 28.6 Å². The van der Waals surface area contributed by atoms with Gasteiger partial charge in [-0.3, -0.25) is 0 Å². The van der Waals surface area contributed by atoms with E-state index in [-0.39, 0.29) is 12.3 Å². The monoisotopic (exact) mass is 289 g/mol. The van der Waals surface area contributed by atoms with Crippen LogP contribution in [0.4, 0.5) is 0 Å². The van der Waals surface area contributed by atoms with Crippen LogP contribution in [0.25, 0.3) is 0 Å². The average Bonchev–Trinajstić information content (AvgIpc) is 2.90. The van der Waals surface area contributed by atoms with Crippen molar-refractivity contribution in [2.75, 3.05) is 46.8 Å². The lowest BCUT2D eigenvalue weighted by Gasteiger charge is -2.05. The van der Waals surface area contributed by atoms with Crippen molar-refractivity contribution in [3.63, 3.8) is 0 Å². The highest BCUT2D eigenvalue weighted by Crippen LogP contribution is 2.04. The molecule has 8 nitrogen and oxygen atoms in total. The Morgan fingerprint density at radius 2 is 1.75 bits per heavy atom. The topological polar surface area (TPSA) is 100 Å². The van der Waals surface area contributed by atoms with Crippen LogP contribution in [0.2, 0.25) is 0 Å². The molecule has 1 aromatic rings. The van der Waals surface area contributed by atoms with Gasteiger partial charge in [0.2, 0.25) is 0 Å². The van der Waals surface area contributed by atoms with Gasteiger partial charge in [-0.1, -0.05) is 5.16 Å². The minimum absolute atomic E-state index is 0.131. The van der Waals surface area contributed by atoms with Gasteiger partial charge in [-0.15, -0.1) is 0 Å². The molecule has 0 fully saturated rings. The standard InChI is InChI=1S/C12H19NO7/c1-16-2-3-17-4-5-18-6-7-19-9-10-8-11(12(14)15)13-20-10/h8H,2-7,9H2,1H3,(H,14,15). The van der Waals surface area contributed by atoms with Gasteiger partial charge in [-0.25, -0.2) is 4.79 Å². The van der Waals surface area contributed by atoms with Crippen molar-refractivity contribution in [1.82, 2.24) is 5.16 Å². The van der Waals surface area contributed by atoms with E-state index in [1.165, 1.54) is 6.07 Å². The summed E-state index contributed by atoms with van der Waals surface area (Å²) in [5.41, 5.74) is -0.131. The zero-order valence-corrected chi connectivity index (χ0v) is 11.4. The lowest BCUT2D eigenvalue weighted by atomic mass is 10.4. The highest BCUT2D eigenvalue weighted by molar-refractivity contribution is 5.85. The largest absolute Gasteiger partial charge is 0.476 e. The number of ether oxygens (including phenoxy) is 4. The van der Waals surface area contributed by atoms with Gasteiger partial charge >= 0.3 is 5.97 Å². The Hall–Kier alpha value is -1.48. The summed E-state index contributed by atoms with van der Waals surface area (Å²) < 4.78 is 25.3. The van der Waals surface area contributed by atoms with Crippen molar-refractivity contribution in [2.24, 2.45) is 0 Å². The van der Waals surface area contributed by atoms with E-state index in [0.29, 0.717) is 45.4 Å². The first-order valence-electron chi connectivity index (χ1n) is 6.15. The molecular formula is C12H19NO7. The molecule has 0 aliphatic heterocycles. The second kappa shape index (κ2) is 10.3. The normalized spacial score (nSPS) is 10.8. The van der Waals surface area contributed by atoms with E-state index in [2.05, 4.69) is 5.16 Å². The number of carboxylic acids is 1. The van der Waals surface area contributed by atoms with Gasteiger partial charge in [0, 0.05) is 13.2 Å². The van der Waals surface area contributed by atoms with Gasteiger partial charge in [0.1, 0.15) is 6.61 Å². The summed E-state index contributed by atoms with van der Waals surface area (Å²) in [7, 11) is 1.62. The average molecular weight is 289 g/mol. The van der Waals surface area contributed by atoms with Crippen LogP contribution < -0.4 is 0 Å². The molecule has 1 N–H and O–H groups in total. The van der Waals surface area contributed by atoms with E-state index in [9.17, 15) is 4.79 Å². The zero-order chi connectivity index (χ0) is 14.6. The Labute approximate surface area is 116 Å². The van der Waals surface area contributed by atoms with Gasteiger partial charge in [-0.2, -0.15) is 0 Å². The first-order valence-corrected chi connectivity index (χ1v) is 6.15. The zero-order valence-electron chi connectivity index (χ0n) is 11.4. The molecule has 0 aromatic carbocycles. The van der Waals surface area contributed by atoms with Crippen molar-refractivity contribution in [3.8, 4) is 0 Å². The van der Waals surface area contributed by atoms with Crippen LogP contribution in [-0.4, -0.2) is 63.0 Å². The maximum Gasteiger partial charge on any atom is 0.358 e. The van der Waals surface area contributed by atoms with Crippen molar-refractivity contribution in [2.45, 2.75) is 6.61 Å². The number of aromatic carboxylic acids is 1. The number of aromatic nitrogens is 1. The molecule has 0 radical (unpaired) electrons. The number of hydrogen-bond acceptors (Lipinski definition) is 7. The molecule has 0 unspecified atom stereocenters. The lowest BCUT2D eigenvalue weighted by molar-refractivity contribution is -0.00184. The fourth-order valence-corrected chi connectivity index (χ4v) is 1.24. The Balaban J connectivity index is 1.93. The summed E-state index contributed by atoms with van der Waals surface area (Å²) in [6.07, 6.45) is 0. The molecule has 0 aliphatic rings. The summed E-state index contributed by atoms with van der Waals surface area (Å²) in [6.45, 7) is 3.07. The predicted octanol–water partition coefficient (Wildman–Crippen LogP) is 0.569. The Kier molecular flexibility index (Phi) is 8.56. The molecule has 0 saturated carbocycles. The van der Waals surface area contributed by atoms with Crippen LogP contribution in [0, 0.1) is 0 Å². The maximum absolute atomic E-state index is 10.6.